The van der Waals surface area contributed by atoms with Crippen molar-refractivity contribution in [2.75, 3.05) is 14.2 Å². The molecule has 2 aliphatic rings. The lowest BCUT2D eigenvalue weighted by Gasteiger charge is -2.35. The van der Waals surface area contributed by atoms with Crippen molar-refractivity contribution in [2.45, 2.75) is 37.6 Å². The maximum absolute atomic E-state index is 5.63. The van der Waals surface area contributed by atoms with Crippen LogP contribution in [-0.4, -0.2) is 30.3 Å². The van der Waals surface area contributed by atoms with E-state index in [1.165, 1.54) is 41.9 Å². The molecule has 0 N–H and O–H groups in total. The van der Waals surface area contributed by atoms with E-state index in [0.29, 0.717) is 12.0 Å². The van der Waals surface area contributed by atoms with Gasteiger partial charge in [0.15, 0.2) is 11.5 Å². The number of nitrogens with zero attached hydrogens (tertiary/aromatic N) is 2. The summed E-state index contributed by atoms with van der Waals surface area (Å²) in [6.07, 6.45) is 6.79. The van der Waals surface area contributed by atoms with Crippen LogP contribution < -0.4 is 9.47 Å². The molecule has 2 unspecified atom stereocenters. The van der Waals surface area contributed by atoms with Crippen LogP contribution in [0.2, 0.25) is 0 Å². The number of aromatic nitrogens is 1. The highest BCUT2D eigenvalue weighted by atomic mass is 32.1. The van der Waals surface area contributed by atoms with Gasteiger partial charge in [0.1, 0.15) is 0 Å². The largest absolute Gasteiger partial charge is 0.493 e. The van der Waals surface area contributed by atoms with Crippen LogP contribution in [0.25, 0.3) is 11.1 Å². The molecule has 2 atom stereocenters. The van der Waals surface area contributed by atoms with E-state index in [1.54, 1.807) is 14.2 Å². The molecule has 0 spiro atoms. The van der Waals surface area contributed by atoms with Crippen LogP contribution in [0, 0.1) is 0 Å². The summed E-state index contributed by atoms with van der Waals surface area (Å²) in [6, 6.07) is 15.1. The van der Waals surface area contributed by atoms with Gasteiger partial charge in [0.25, 0.3) is 0 Å². The van der Waals surface area contributed by atoms with Crippen molar-refractivity contribution in [2.24, 2.45) is 4.99 Å². The molecule has 29 heavy (non-hydrogen) atoms. The summed E-state index contributed by atoms with van der Waals surface area (Å²) < 4.78 is 15.8. The van der Waals surface area contributed by atoms with E-state index >= 15 is 0 Å². The lowest BCUT2D eigenvalue weighted by atomic mass is 9.75. The number of benzene rings is 2. The van der Waals surface area contributed by atoms with Crippen molar-refractivity contribution in [1.29, 1.82) is 0 Å². The smallest absolute Gasteiger partial charge is 0.161 e. The van der Waals surface area contributed by atoms with Crippen molar-refractivity contribution in [3.63, 3.8) is 0 Å². The highest BCUT2D eigenvalue weighted by molar-refractivity contribution is 7.09. The zero-order valence-corrected chi connectivity index (χ0v) is 17.5. The molecule has 0 bridgehead atoms. The summed E-state index contributed by atoms with van der Waals surface area (Å²) in [5, 5.41) is 0. The van der Waals surface area contributed by atoms with Crippen molar-refractivity contribution in [3.8, 4) is 22.6 Å². The predicted molar refractivity (Wildman–Crippen MR) is 118 cm³/mol. The van der Waals surface area contributed by atoms with Crippen molar-refractivity contribution < 1.29 is 9.47 Å². The molecule has 1 saturated carbocycles. The summed E-state index contributed by atoms with van der Waals surface area (Å²) >= 11 is 1.52. The third kappa shape index (κ3) is 3.14. The Morgan fingerprint density at radius 1 is 0.931 bits per heavy atom. The van der Waals surface area contributed by atoms with Crippen LogP contribution in [-0.2, 0) is 0 Å². The average molecular weight is 405 g/mol. The molecule has 5 heteroatoms. The number of fused-ring (bicyclic) bond motifs is 3. The zero-order valence-electron chi connectivity index (χ0n) is 16.7. The number of methoxy groups -OCH3 is 2. The van der Waals surface area contributed by atoms with E-state index in [4.69, 9.17) is 14.5 Å². The van der Waals surface area contributed by atoms with E-state index < -0.39 is 0 Å². The predicted octanol–water partition coefficient (Wildman–Crippen LogP) is 5.70. The third-order valence-corrected chi connectivity index (χ3v) is 6.91. The highest BCUT2D eigenvalue weighted by Crippen LogP contribution is 2.45. The first kappa shape index (κ1) is 18.4. The summed E-state index contributed by atoms with van der Waals surface area (Å²) in [5.74, 6) is 2.00. The molecule has 4 nitrogen and oxygen atoms in total. The molecule has 148 valence electrons. The minimum Gasteiger partial charge on any atom is -0.493 e. The van der Waals surface area contributed by atoms with E-state index in [2.05, 4.69) is 40.8 Å². The fourth-order valence-electron chi connectivity index (χ4n) is 4.69. The second-order valence-electron chi connectivity index (χ2n) is 7.67. The summed E-state index contributed by atoms with van der Waals surface area (Å²) in [7, 11) is 3.40. The summed E-state index contributed by atoms with van der Waals surface area (Å²) in [6.45, 7) is 0. The summed E-state index contributed by atoms with van der Waals surface area (Å²) in [4.78, 5) is 6.43. The SMILES string of the molecule is COc1cc2c(cc1OC)C1CCCCC1N=C2c1sncc1-c1ccccc1. The van der Waals surface area contributed by atoms with Gasteiger partial charge in [-0.15, -0.1) is 0 Å². The Kier molecular flexibility index (Phi) is 4.84. The fourth-order valence-corrected chi connectivity index (χ4v) is 5.47. The Hall–Kier alpha value is -2.66. The van der Waals surface area contributed by atoms with Gasteiger partial charge in [-0.3, -0.25) is 4.99 Å². The van der Waals surface area contributed by atoms with Crippen LogP contribution in [0.5, 0.6) is 11.5 Å². The lowest BCUT2D eigenvalue weighted by Crippen LogP contribution is -2.29. The van der Waals surface area contributed by atoms with Crippen molar-refractivity contribution in [3.05, 3.63) is 64.7 Å². The van der Waals surface area contributed by atoms with Crippen molar-refractivity contribution in [1.82, 2.24) is 4.37 Å². The van der Waals surface area contributed by atoms with Gasteiger partial charge < -0.3 is 9.47 Å². The quantitative estimate of drug-likeness (QED) is 0.560. The van der Waals surface area contributed by atoms with Crippen molar-refractivity contribution >= 4 is 17.2 Å². The summed E-state index contributed by atoms with van der Waals surface area (Å²) in [5.41, 5.74) is 5.86. The number of hydrogen-bond acceptors (Lipinski definition) is 5. The van der Waals surface area contributed by atoms with Gasteiger partial charge in [-0.2, -0.15) is 4.37 Å². The van der Waals surface area contributed by atoms with Gasteiger partial charge >= 0.3 is 0 Å². The molecular formula is C24H24N2O2S. The van der Waals surface area contributed by atoms with Gasteiger partial charge in [-0.1, -0.05) is 43.2 Å². The Bertz CT molecular complexity index is 1060. The number of ether oxygens (including phenoxy) is 2. The average Bonchev–Trinajstić information content (AvgIpc) is 3.28. The minimum atomic E-state index is 0.329. The molecule has 1 aliphatic carbocycles. The normalized spacial score (nSPS) is 20.4. The zero-order chi connectivity index (χ0) is 19.8. The van der Waals surface area contributed by atoms with Gasteiger partial charge in [0.05, 0.1) is 30.9 Å². The monoisotopic (exact) mass is 404 g/mol. The first-order valence-electron chi connectivity index (χ1n) is 10.1. The molecule has 5 rings (SSSR count). The standard InChI is InChI=1S/C24H24N2O2S/c1-27-21-12-17-16-10-6-7-11-20(16)26-23(18(17)13-22(21)28-2)24-19(14-25-29-24)15-8-4-3-5-9-15/h3-5,8-9,12-14,16,20H,6-7,10-11H2,1-2H3. The van der Waals surface area contributed by atoms with E-state index in [-0.39, 0.29) is 0 Å². The molecule has 0 amide bonds. The first-order chi connectivity index (χ1) is 14.3. The molecule has 3 aromatic rings. The van der Waals surface area contributed by atoms with Gasteiger partial charge in [-0.05, 0) is 47.6 Å². The van der Waals surface area contributed by atoms with Crippen LogP contribution in [0.4, 0.5) is 0 Å². The molecule has 2 heterocycles. The molecule has 0 saturated heterocycles. The number of rotatable bonds is 4. The molecular weight excluding hydrogens is 380 g/mol. The maximum Gasteiger partial charge on any atom is 0.161 e. The molecule has 1 aliphatic heterocycles. The second kappa shape index (κ2) is 7.64. The highest BCUT2D eigenvalue weighted by Gasteiger charge is 2.35. The van der Waals surface area contributed by atoms with Crippen LogP contribution in [0.1, 0.15) is 47.6 Å². The molecule has 2 aromatic carbocycles. The Labute approximate surface area is 175 Å². The van der Waals surface area contributed by atoms with E-state index in [0.717, 1.165) is 39.6 Å². The Balaban J connectivity index is 1.71. The van der Waals surface area contributed by atoms with Gasteiger partial charge in [0.2, 0.25) is 0 Å². The minimum absolute atomic E-state index is 0.329. The van der Waals surface area contributed by atoms with Crippen LogP contribution in [0.3, 0.4) is 0 Å². The maximum atomic E-state index is 5.63. The fraction of sp³-hybridized carbons (Fsp3) is 0.333. The van der Waals surface area contributed by atoms with Crippen LogP contribution >= 0.6 is 11.5 Å². The van der Waals surface area contributed by atoms with Gasteiger partial charge in [-0.25, -0.2) is 0 Å². The lowest BCUT2D eigenvalue weighted by molar-refractivity contribution is 0.349. The first-order valence-corrected chi connectivity index (χ1v) is 10.9. The van der Waals surface area contributed by atoms with Gasteiger partial charge in [0, 0.05) is 23.2 Å². The van der Waals surface area contributed by atoms with E-state index in [9.17, 15) is 0 Å². The topological polar surface area (TPSA) is 43.7 Å². The second-order valence-corrected chi connectivity index (χ2v) is 8.47. The molecule has 1 fully saturated rings. The third-order valence-electron chi connectivity index (χ3n) is 6.10. The number of hydrogen-bond donors (Lipinski definition) is 0. The molecule has 1 aromatic heterocycles. The number of aliphatic imine (C=N–C) groups is 1. The Morgan fingerprint density at radius 2 is 1.69 bits per heavy atom. The van der Waals surface area contributed by atoms with E-state index in [1.807, 2.05) is 12.3 Å². The van der Waals surface area contributed by atoms with Crippen LogP contribution in [0.15, 0.2) is 53.7 Å². The molecule has 0 radical (unpaired) electrons. The Morgan fingerprint density at radius 3 is 2.48 bits per heavy atom.